The van der Waals surface area contributed by atoms with Crippen LogP contribution < -0.4 is 15.5 Å². The van der Waals surface area contributed by atoms with E-state index in [0.29, 0.717) is 31.3 Å². The van der Waals surface area contributed by atoms with Crippen molar-refractivity contribution >= 4 is 17.7 Å². The highest BCUT2D eigenvalue weighted by molar-refractivity contribution is 5.80. The summed E-state index contributed by atoms with van der Waals surface area (Å²) in [4.78, 5) is 19.5. The third-order valence-electron chi connectivity index (χ3n) is 4.05. The molecule has 1 fully saturated rings. The van der Waals surface area contributed by atoms with E-state index in [-0.39, 0.29) is 18.0 Å². The van der Waals surface area contributed by atoms with E-state index < -0.39 is 5.60 Å². The van der Waals surface area contributed by atoms with Crippen molar-refractivity contribution in [2.75, 3.05) is 39.1 Å². The van der Waals surface area contributed by atoms with Gasteiger partial charge in [-0.05, 0) is 38.5 Å². The number of rotatable bonds is 4. The molecule has 1 amide bonds. The number of nitrogens with zero attached hydrogens (tertiary/aromatic N) is 3. The zero-order valence-corrected chi connectivity index (χ0v) is 17.0. The molecule has 0 unspecified atom stereocenters. The molecule has 2 N–H and O–H groups in total. The lowest BCUT2D eigenvalue weighted by atomic mass is 10.1. The lowest BCUT2D eigenvalue weighted by Gasteiger charge is -2.40. The molecule has 0 aromatic heterocycles. The zero-order valence-electron chi connectivity index (χ0n) is 17.0. The van der Waals surface area contributed by atoms with E-state index in [1.54, 1.807) is 37.0 Å². The quantitative estimate of drug-likeness (QED) is 0.620. The van der Waals surface area contributed by atoms with E-state index >= 15 is 0 Å². The first-order chi connectivity index (χ1) is 12.6. The van der Waals surface area contributed by atoms with Gasteiger partial charge in [0.2, 0.25) is 0 Å². The van der Waals surface area contributed by atoms with Crippen molar-refractivity contribution in [3.8, 4) is 0 Å². The van der Waals surface area contributed by atoms with Gasteiger partial charge in [0.25, 0.3) is 0 Å². The highest BCUT2D eigenvalue weighted by Crippen LogP contribution is 2.18. The molecule has 0 aliphatic carbocycles. The maximum Gasteiger partial charge on any atom is 0.410 e. The number of aliphatic imine (C=N–C) groups is 1. The van der Waals surface area contributed by atoms with E-state index in [1.807, 2.05) is 26.8 Å². The predicted molar refractivity (Wildman–Crippen MR) is 106 cm³/mol. The summed E-state index contributed by atoms with van der Waals surface area (Å²) in [5, 5.41) is 6.42. The Hall–Kier alpha value is -2.51. The molecule has 0 saturated carbocycles. The van der Waals surface area contributed by atoms with Gasteiger partial charge in [-0.15, -0.1) is 0 Å². The van der Waals surface area contributed by atoms with E-state index in [4.69, 9.17) is 4.74 Å². The molecular formula is C19H30FN5O2. The van der Waals surface area contributed by atoms with E-state index in [0.717, 1.165) is 5.56 Å². The average molecular weight is 379 g/mol. The Balaban J connectivity index is 1.79. The molecule has 1 aromatic carbocycles. The van der Waals surface area contributed by atoms with Crippen LogP contribution in [0.4, 0.5) is 14.9 Å². The number of guanidine groups is 1. The SMILES string of the molecule is CN=C(NCc1ccc(N(C)C)c(F)c1)NC1CN(C(=O)OC(C)(C)C)C1. The van der Waals surface area contributed by atoms with Gasteiger partial charge in [-0.2, -0.15) is 0 Å². The van der Waals surface area contributed by atoms with Gasteiger partial charge in [0.1, 0.15) is 11.4 Å². The molecule has 8 heteroatoms. The van der Waals surface area contributed by atoms with E-state index in [1.165, 1.54) is 6.07 Å². The van der Waals surface area contributed by atoms with Crippen LogP contribution in [0.15, 0.2) is 23.2 Å². The number of carbonyl (C=O) groups excluding carboxylic acids is 1. The normalized spacial score (nSPS) is 15.2. The maximum atomic E-state index is 14.1. The topological polar surface area (TPSA) is 69.2 Å². The lowest BCUT2D eigenvalue weighted by molar-refractivity contribution is 0.00701. The van der Waals surface area contributed by atoms with Gasteiger partial charge < -0.3 is 25.2 Å². The maximum absolute atomic E-state index is 14.1. The predicted octanol–water partition coefficient (Wildman–Crippen LogP) is 2.18. The van der Waals surface area contributed by atoms with Gasteiger partial charge >= 0.3 is 6.09 Å². The van der Waals surface area contributed by atoms with Gasteiger partial charge in [0.15, 0.2) is 5.96 Å². The van der Waals surface area contributed by atoms with Crippen molar-refractivity contribution in [3.63, 3.8) is 0 Å². The zero-order chi connectivity index (χ0) is 20.2. The van der Waals surface area contributed by atoms with Crippen molar-refractivity contribution in [1.82, 2.24) is 15.5 Å². The molecule has 1 aliphatic heterocycles. The Bertz CT molecular complexity index is 694. The van der Waals surface area contributed by atoms with Gasteiger partial charge in [-0.25, -0.2) is 9.18 Å². The summed E-state index contributed by atoms with van der Waals surface area (Å²) >= 11 is 0. The van der Waals surface area contributed by atoms with Crippen LogP contribution in [0.2, 0.25) is 0 Å². The lowest BCUT2D eigenvalue weighted by Crippen LogP contribution is -2.63. The summed E-state index contributed by atoms with van der Waals surface area (Å²) in [6.45, 7) is 7.11. The molecule has 0 spiro atoms. The Labute approximate surface area is 160 Å². The summed E-state index contributed by atoms with van der Waals surface area (Å²) in [7, 11) is 5.29. The molecule has 0 atom stereocenters. The number of ether oxygens (including phenoxy) is 1. The van der Waals surface area contributed by atoms with Crippen LogP contribution in [0.1, 0.15) is 26.3 Å². The highest BCUT2D eigenvalue weighted by Gasteiger charge is 2.34. The smallest absolute Gasteiger partial charge is 0.410 e. The minimum atomic E-state index is -0.495. The van der Waals surface area contributed by atoms with Gasteiger partial charge in [-0.3, -0.25) is 4.99 Å². The third-order valence-corrected chi connectivity index (χ3v) is 4.05. The second kappa shape index (κ2) is 8.45. The van der Waals surface area contributed by atoms with Crippen molar-refractivity contribution in [2.24, 2.45) is 4.99 Å². The molecule has 1 aliphatic rings. The van der Waals surface area contributed by atoms with Crippen molar-refractivity contribution in [3.05, 3.63) is 29.6 Å². The number of benzene rings is 1. The van der Waals surface area contributed by atoms with Crippen LogP contribution in [0.3, 0.4) is 0 Å². The first kappa shape index (κ1) is 20.8. The summed E-state index contributed by atoms with van der Waals surface area (Å²) in [6.07, 6.45) is -0.306. The molecule has 150 valence electrons. The minimum absolute atomic E-state index is 0.108. The molecule has 1 heterocycles. The number of hydrogen-bond donors (Lipinski definition) is 2. The first-order valence-electron chi connectivity index (χ1n) is 9.00. The van der Waals surface area contributed by atoms with Crippen LogP contribution in [0.5, 0.6) is 0 Å². The molecular weight excluding hydrogens is 349 g/mol. The van der Waals surface area contributed by atoms with Crippen LogP contribution >= 0.6 is 0 Å². The van der Waals surface area contributed by atoms with Gasteiger partial charge in [0, 0.05) is 40.8 Å². The molecule has 0 radical (unpaired) electrons. The van der Waals surface area contributed by atoms with Crippen molar-refractivity contribution < 1.29 is 13.9 Å². The van der Waals surface area contributed by atoms with Gasteiger partial charge in [-0.1, -0.05) is 6.07 Å². The number of hydrogen-bond acceptors (Lipinski definition) is 4. The summed E-state index contributed by atoms with van der Waals surface area (Å²) in [5.41, 5.74) is 0.882. The molecule has 0 bridgehead atoms. The number of amides is 1. The van der Waals surface area contributed by atoms with Crippen LogP contribution in [0.25, 0.3) is 0 Å². The fraction of sp³-hybridized carbons (Fsp3) is 0.579. The van der Waals surface area contributed by atoms with Gasteiger partial charge in [0.05, 0.1) is 11.7 Å². The Morgan fingerprint density at radius 2 is 2.04 bits per heavy atom. The second-order valence-corrected chi connectivity index (χ2v) is 7.83. The summed E-state index contributed by atoms with van der Waals surface area (Å²) < 4.78 is 19.4. The number of carbonyl (C=O) groups is 1. The summed E-state index contributed by atoms with van der Waals surface area (Å²) in [6, 6.07) is 5.26. The fourth-order valence-electron chi connectivity index (χ4n) is 2.64. The Morgan fingerprint density at radius 3 is 2.56 bits per heavy atom. The molecule has 1 aromatic rings. The number of likely N-dealkylation sites (tertiary alicyclic amines) is 1. The highest BCUT2D eigenvalue weighted by atomic mass is 19.1. The number of nitrogens with one attached hydrogen (secondary N) is 2. The van der Waals surface area contributed by atoms with Crippen LogP contribution in [0, 0.1) is 5.82 Å². The van der Waals surface area contributed by atoms with E-state index in [9.17, 15) is 9.18 Å². The molecule has 27 heavy (non-hydrogen) atoms. The molecule has 7 nitrogen and oxygen atoms in total. The van der Waals surface area contributed by atoms with Crippen molar-refractivity contribution in [2.45, 2.75) is 39.0 Å². The van der Waals surface area contributed by atoms with E-state index in [2.05, 4.69) is 15.6 Å². The first-order valence-corrected chi connectivity index (χ1v) is 9.00. The second-order valence-electron chi connectivity index (χ2n) is 7.83. The Morgan fingerprint density at radius 1 is 1.37 bits per heavy atom. The standard InChI is InChI=1S/C19H30FN5O2/c1-19(2,3)27-18(26)25-11-14(12-25)23-17(21-4)22-10-13-7-8-16(24(5)6)15(20)9-13/h7-9,14H,10-12H2,1-6H3,(H2,21,22,23). The van der Waals surface area contributed by atoms with Crippen LogP contribution in [-0.4, -0.2) is 62.8 Å². The molecule has 1 saturated heterocycles. The Kier molecular flexibility index (Phi) is 6.51. The monoisotopic (exact) mass is 379 g/mol. The largest absolute Gasteiger partial charge is 0.444 e. The minimum Gasteiger partial charge on any atom is -0.444 e. The number of halogens is 1. The average Bonchev–Trinajstić information content (AvgIpc) is 2.51. The summed E-state index contributed by atoms with van der Waals surface area (Å²) in [5.74, 6) is 0.357. The fourth-order valence-corrected chi connectivity index (χ4v) is 2.64. The number of anilines is 1. The third kappa shape index (κ3) is 6.01. The van der Waals surface area contributed by atoms with Crippen molar-refractivity contribution in [1.29, 1.82) is 0 Å². The van der Waals surface area contributed by atoms with Crippen LogP contribution in [-0.2, 0) is 11.3 Å². The molecule has 2 rings (SSSR count).